The van der Waals surface area contributed by atoms with Gasteiger partial charge in [-0.05, 0) is 46.3 Å². The zero-order chi connectivity index (χ0) is 15.4. The summed E-state index contributed by atoms with van der Waals surface area (Å²) < 4.78 is 0.647. The van der Waals surface area contributed by atoms with Crippen LogP contribution in [0.5, 0.6) is 0 Å². The average molecular weight is 371 g/mol. The van der Waals surface area contributed by atoms with Gasteiger partial charge in [-0.3, -0.25) is 10.1 Å². The second-order valence-electron chi connectivity index (χ2n) is 4.01. The van der Waals surface area contributed by atoms with Crippen LogP contribution in [0.4, 0.5) is 21.9 Å². The van der Waals surface area contributed by atoms with Crippen LogP contribution in [-0.2, 0) is 0 Å². The molecular formula is C13H9BrClN3O3. The van der Waals surface area contributed by atoms with Crippen LogP contribution < -0.4 is 10.6 Å². The number of urea groups is 1. The van der Waals surface area contributed by atoms with Gasteiger partial charge in [0.2, 0.25) is 0 Å². The van der Waals surface area contributed by atoms with Crippen molar-refractivity contribution < 1.29 is 9.72 Å². The predicted octanol–water partition coefficient (Wildman–Crippen LogP) is 4.65. The summed E-state index contributed by atoms with van der Waals surface area (Å²) >= 11 is 9.09. The van der Waals surface area contributed by atoms with E-state index >= 15 is 0 Å². The predicted molar refractivity (Wildman–Crippen MR) is 84.9 cm³/mol. The molecule has 2 N–H and O–H groups in total. The number of nitro benzene ring substituents is 1. The highest BCUT2D eigenvalue weighted by atomic mass is 79.9. The van der Waals surface area contributed by atoms with E-state index in [9.17, 15) is 14.9 Å². The van der Waals surface area contributed by atoms with Crippen LogP contribution in [0.15, 0.2) is 46.9 Å². The Kier molecular flexibility index (Phi) is 4.77. The molecule has 2 amide bonds. The lowest BCUT2D eigenvalue weighted by molar-refractivity contribution is -0.384. The van der Waals surface area contributed by atoms with Crippen molar-refractivity contribution >= 4 is 50.6 Å². The van der Waals surface area contributed by atoms with Gasteiger partial charge in [0, 0.05) is 27.3 Å². The molecule has 2 aromatic carbocycles. The Balaban J connectivity index is 2.02. The molecule has 0 aliphatic rings. The minimum Gasteiger partial charge on any atom is -0.308 e. The fourth-order valence-electron chi connectivity index (χ4n) is 1.54. The van der Waals surface area contributed by atoms with E-state index in [1.54, 1.807) is 18.2 Å². The summed E-state index contributed by atoms with van der Waals surface area (Å²) in [5.74, 6) is 0. The van der Waals surface area contributed by atoms with Crippen molar-refractivity contribution in [2.45, 2.75) is 0 Å². The maximum Gasteiger partial charge on any atom is 0.323 e. The third-order valence-corrected chi connectivity index (χ3v) is 3.41. The molecule has 0 aliphatic heterocycles. The number of nitrogens with one attached hydrogen (secondary N) is 2. The minimum absolute atomic E-state index is 0.0404. The number of hydrogen-bond donors (Lipinski definition) is 2. The van der Waals surface area contributed by atoms with E-state index < -0.39 is 11.0 Å². The number of halogens is 2. The van der Waals surface area contributed by atoms with Gasteiger partial charge in [0.25, 0.3) is 5.69 Å². The number of nitro groups is 1. The Labute approximate surface area is 133 Å². The third-order valence-electron chi connectivity index (χ3n) is 2.52. The topological polar surface area (TPSA) is 84.3 Å². The van der Waals surface area contributed by atoms with E-state index in [2.05, 4.69) is 26.6 Å². The van der Waals surface area contributed by atoms with Crippen molar-refractivity contribution in [3.05, 3.63) is 62.1 Å². The van der Waals surface area contributed by atoms with Crippen molar-refractivity contribution in [2.75, 3.05) is 10.6 Å². The van der Waals surface area contributed by atoms with Gasteiger partial charge in [0.1, 0.15) is 0 Å². The normalized spacial score (nSPS) is 10.0. The lowest BCUT2D eigenvalue weighted by atomic mass is 10.3. The molecule has 0 bridgehead atoms. The van der Waals surface area contributed by atoms with Crippen LogP contribution in [0.25, 0.3) is 0 Å². The number of nitrogens with zero attached hydrogens (tertiary/aromatic N) is 1. The van der Waals surface area contributed by atoms with E-state index in [1.165, 1.54) is 24.3 Å². The highest BCUT2D eigenvalue weighted by Crippen LogP contribution is 2.26. The second kappa shape index (κ2) is 6.55. The van der Waals surface area contributed by atoms with Crippen molar-refractivity contribution in [1.82, 2.24) is 0 Å². The van der Waals surface area contributed by atoms with Gasteiger partial charge in [-0.1, -0.05) is 11.6 Å². The lowest BCUT2D eigenvalue weighted by Gasteiger charge is -2.09. The highest BCUT2D eigenvalue weighted by Gasteiger charge is 2.08. The molecule has 0 fully saturated rings. The van der Waals surface area contributed by atoms with Crippen LogP contribution >= 0.6 is 27.5 Å². The van der Waals surface area contributed by atoms with Crippen LogP contribution in [0.2, 0.25) is 5.02 Å². The Bertz CT molecular complexity index is 692. The van der Waals surface area contributed by atoms with Gasteiger partial charge in [-0.15, -0.1) is 0 Å². The standard InChI is InChI=1S/C13H9BrClN3O3/c14-11-7-8(15)1-6-12(11)17-13(19)16-9-2-4-10(5-3-9)18(20)21/h1-7H,(H2,16,17,19). The fraction of sp³-hybridized carbons (Fsp3) is 0. The number of amides is 2. The van der Waals surface area contributed by atoms with Crippen LogP contribution in [0.3, 0.4) is 0 Å². The van der Waals surface area contributed by atoms with Crippen LogP contribution in [-0.4, -0.2) is 11.0 Å². The zero-order valence-electron chi connectivity index (χ0n) is 10.5. The number of rotatable bonds is 3. The maximum absolute atomic E-state index is 11.8. The van der Waals surface area contributed by atoms with Gasteiger partial charge in [-0.25, -0.2) is 4.79 Å². The molecule has 0 atom stereocenters. The third kappa shape index (κ3) is 4.17. The summed E-state index contributed by atoms with van der Waals surface area (Å²) in [6, 6.07) is 10.0. The Morgan fingerprint density at radius 2 is 1.81 bits per heavy atom. The number of carbonyl (C=O) groups excluding carboxylic acids is 1. The molecule has 0 aliphatic carbocycles. The quantitative estimate of drug-likeness (QED) is 0.609. The number of anilines is 2. The zero-order valence-corrected chi connectivity index (χ0v) is 12.8. The lowest BCUT2D eigenvalue weighted by Crippen LogP contribution is -2.19. The first-order valence-corrected chi connectivity index (χ1v) is 6.90. The monoisotopic (exact) mass is 369 g/mol. The largest absolute Gasteiger partial charge is 0.323 e. The molecule has 0 aromatic heterocycles. The summed E-state index contributed by atoms with van der Waals surface area (Å²) in [5.41, 5.74) is 0.961. The molecule has 108 valence electrons. The molecule has 0 saturated carbocycles. The first kappa shape index (κ1) is 15.3. The van der Waals surface area contributed by atoms with E-state index in [4.69, 9.17) is 11.6 Å². The molecule has 21 heavy (non-hydrogen) atoms. The number of benzene rings is 2. The smallest absolute Gasteiger partial charge is 0.308 e. The Morgan fingerprint density at radius 1 is 1.14 bits per heavy atom. The van der Waals surface area contributed by atoms with Gasteiger partial charge in [-0.2, -0.15) is 0 Å². The molecular weight excluding hydrogens is 362 g/mol. The van der Waals surface area contributed by atoms with Crippen molar-refractivity contribution in [3.63, 3.8) is 0 Å². The van der Waals surface area contributed by atoms with Crippen LogP contribution in [0.1, 0.15) is 0 Å². The van der Waals surface area contributed by atoms with E-state index in [1.807, 2.05) is 0 Å². The molecule has 8 heteroatoms. The first-order chi connectivity index (χ1) is 9.95. The summed E-state index contributed by atoms with van der Waals surface area (Å²) in [7, 11) is 0. The highest BCUT2D eigenvalue weighted by molar-refractivity contribution is 9.10. The summed E-state index contributed by atoms with van der Waals surface area (Å²) in [6.45, 7) is 0. The Hall–Kier alpha value is -2.12. The first-order valence-electron chi connectivity index (χ1n) is 5.73. The number of carbonyl (C=O) groups is 1. The van der Waals surface area contributed by atoms with Gasteiger partial charge in [0.15, 0.2) is 0 Å². The molecule has 2 aromatic rings. The SMILES string of the molecule is O=C(Nc1ccc([N+](=O)[O-])cc1)Nc1ccc(Cl)cc1Br. The average Bonchev–Trinajstić information content (AvgIpc) is 2.42. The minimum atomic E-state index is -0.505. The maximum atomic E-state index is 11.8. The molecule has 0 saturated heterocycles. The molecule has 2 rings (SSSR count). The van der Waals surface area contributed by atoms with Crippen molar-refractivity contribution in [3.8, 4) is 0 Å². The van der Waals surface area contributed by atoms with E-state index in [0.29, 0.717) is 20.9 Å². The van der Waals surface area contributed by atoms with Gasteiger partial charge >= 0.3 is 6.03 Å². The molecule has 0 spiro atoms. The summed E-state index contributed by atoms with van der Waals surface area (Å²) in [4.78, 5) is 21.9. The number of non-ortho nitro benzene ring substituents is 1. The van der Waals surface area contributed by atoms with Gasteiger partial charge in [0.05, 0.1) is 10.6 Å². The molecule has 0 unspecified atom stereocenters. The molecule has 0 heterocycles. The van der Waals surface area contributed by atoms with Gasteiger partial charge < -0.3 is 10.6 Å². The Morgan fingerprint density at radius 3 is 2.38 bits per heavy atom. The molecule has 6 nitrogen and oxygen atoms in total. The number of hydrogen-bond acceptors (Lipinski definition) is 3. The fourth-order valence-corrected chi connectivity index (χ4v) is 2.32. The van der Waals surface area contributed by atoms with Crippen LogP contribution in [0, 0.1) is 10.1 Å². The van der Waals surface area contributed by atoms with Crippen molar-refractivity contribution in [1.29, 1.82) is 0 Å². The second-order valence-corrected chi connectivity index (χ2v) is 5.30. The van der Waals surface area contributed by atoms with E-state index in [-0.39, 0.29) is 5.69 Å². The summed E-state index contributed by atoms with van der Waals surface area (Å²) in [5, 5.41) is 16.3. The van der Waals surface area contributed by atoms with Crippen molar-refractivity contribution in [2.24, 2.45) is 0 Å². The summed E-state index contributed by atoms with van der Waals surface area (Å²) in [6.07, 6.45) is 0. The van der Waals surface area contributed by atoms with E-state index in [0.717, 1.165) is 0 Å². The molecule has 0 radical (unpaired) electrons.